The Morgan fingerprint density at radius 3 is 2.47 bits per heavy atom. The van der Waals surface area contributed by atoms with Gasteiger partial charge in [0.2, 0.25) is 17.8 Å². The third-order valence-corrected chi connectivity index (χ3v) is 6.37. The van der Waals surface area contributed by atoms with E-state index in [2.05, 4.69) is 20.9 Å². The molecule has 1 aliphatic carbocycles. The summed E-state index contributed by atoms with van der Waals surface area (Å²) in [5.74, 6) is 1.31. The molecule has 1 fully saturated rings. The molecule has 186 valence electrons. The minimum absolute atomic E-state index is 0.0181. The van der Waals surface area contributed by atoms with E-state index in [0.29, 0.717) is 28.7 Å². The van der Waals surface area contributed by atoms with Gasteiger partial charge in [0.1, 0.15) is 17.1 Å². The highest BCUT2D eigenvalue weighted by atomic mass is 19.1. The molecule has 0 atom stereocenters. The first-order valence-electron chi connectivity index (χ1n) is 11.9. The van der Waals surface area contributed by atoms with Crippen LogP contribution in [0.4, 0.5) is 27.7 Å². The number of anilines is 4. The van der Waals surface area contributed by atoms with Crippen molar-refractivity contribution in [2.45, 2.75) is 44.7 Å². The summed E-state index contributed by atoms with van der Waals surface area (Å²) in [6.07, 6.45) is 5.00. The summed E-state index contributed by atoms with van der Waals surface area (Å²) >= 11 is 0. The lowest BCUT2D eigenvalue weighted by Gasteiger charge is -2.30. The van der Waals surface area contributed by atoms with Crippen LogP contribution in [0, 0.1) is 5.82 Å². The maximum absolute atomic E-state index is 14.5. The van der Waals surface area contributed by atoms with Gasteiger partial charge in [0.25, 0.3) is 0 Å². The number of carbonyl (C=O) groups is 1. The lowest BCUT2D eigenvalue weighted by molar-refractivity contribution is -0.119. The van der Waals surface area contributed by atoms with Crippen LogP contribution in [0.15, 0.2) is 54.7 Å². The first kappa shape index (κ1) is 23.5. The lowest BCUT2D eigenvalue weighted by atomic mass is 9.91. The molecule has 2 aromatic carbocycles. The minimum atomic E-state index is -0.363. The zero-order valence-electron chi connectivity index (χ0n) is 20.2. The molecule has 10 heteroatoms. The molecule has 3 N–H and O–H groups in total. The summed E-state index contributed by atoms with van der Waals surface area (Å²) in [7, 11) is 1.62. The normalized spacial score (nSPS) is 17.5. The average Bonchev–Trinajstić information content (AvgIpc) is 3.23. The molecule has 9 nitrogen and oxygen atoms in total. The maximum Gasteiger partial charge on any atom is 0.229 e. The zero-order valence-corrected chi connectivity index (χ0v) is 20.2. The van der Waals surface area contributed by atoms with Crippen molar-refractivity contribution in [3.05, 3.63) is 60.5 Å². The SMILES string of the molecule is COc1ccc(Nc2ncc3nc(Nc4ccccc4F)n([C@H]4CC[C@H](NC(C)=O)CC4)c3n2)cc1. The van der Waals surface area contributed by atoms with Gasteiger partial charge in [-0.25, -0.2) is 14.4 Å². The number of hydrogen-bond donors (Lipinski definition) is 3. The number of methoxy groups -OCH3 is 1. The fraction of sp³-hybridized carbons (Fsp3) is 0.308. The molecule has 1 amide bonds. The number of benzene rings is 2. The number of fused-ring (bicyclic) bond motifs is 1. The Kier molecular flexibility index (Phi) is 6.66. The Morgan fingerprint density at radius 1 is 1.03 bits per heavy atom. The molecular weight excluding hydrogens is 461 g/mol. The van der Waals surface area contributed by atoms with Gasteiger partial charge < -0.3 is 20.7 Å². The van der Waals surface area contributed by atoms with Crippen molar-refractivity contribution < 1.29 is 13.9 Å². The Labute approximate surface area is 208 Å². The number of carbonyl (C=O) groups excluding carboxylic acids is 1. The average molecular weight is 490 g/mol. The van der Waals surface area contributed by atoms with E-state index in [1.807, 2.05) is 28.8 Å². The molecule has 0 saturated heterocycles. The van der Waals surface area contributed by atoms with Gasteiger partial charge in [0, 0.05) is 24.7 Å². The second kappa shape index (κ2) is 10.2. The van der Waals surface area contributed by atoms with Gasteiger partial charge in [-0.3, -0.25) is 9.36 Å². The van der Waals surface area contributed by atoms with E-state index >= 15 is 0 Å². The van der Waals surface area contributed by atoms with Gasteiger partial charge in [0.05, 0.1) is 19.0 Å². The Hall–Kier alpha value is -4.21. The highest BCUT2D eigenvalue weighted by molar-refractivity contribution is 5.77. The van der Waals surface area contributed by atoms with Gasteiger partial charge in [-0.2, -0.15) is 4.98 Å². The summed E-state index contributed by atoms with van der Waals surface area (Å²) in [5, 5.41) is 9.40. The van der Waals surface area contributed by atoms with Crippen LogP contribution in [-0.2, 0) is 4.79 Å². The van der Waals surface area contributed by atoms with Crippen LogP contribution >= 0.6 is 0 Å². The van der Waals surface area contributed by atoms with Crippen LogP contribution in [0.3, 0.4) is 0 Å². The van der Waals surface area contributed by atoms with E-state index in [1.54, 1.807) is 38.4 Å². The summed E-state index contributed by atoms with van der Waals surface area (Å²) in [6.45, 7) is 1.54. The number of amides is 1. The van der Waals surface area contributed by atoms with Crippen LogP contribution in [0.2, 0.25) is 0 Å². The van der Waals surface area contributed by atoms with Gasteiger partial charge in [-0.15, -0.1) is 0 Å². The second-order valence-electron chi connectivity index (χ2n) is 8.87. The molecule has 1 aliphatic rings. The molecule has 36 heavy (non-hydrogen) atoms. The summed E-state index contributed by atoms with van der Waals surface area (Å²) < 4.78 is 21.7. The summed E-state index contributed by atoms with van der Waals surface area (Å²) in [4.78, 5) is 25.4. The number of aromatic nitrogens is 4. The van der Waals surface area contributed by atoms with E-state index in [4.69, 9.17) is 14.7 Å². The van der Waals surface area contributed by atoms with Crippen molar-refractivity contribution in [3.63, 3.8) is 0 Å². The van der Waals surface area contributed by atoms with Gasteiger partial charge in [-0.1, -0.05) is 12.1 Å². The summed E-state index contributed by atoms with van der Waals surface area (Å²) in [6, 6.07) is 14.2. The molecule has 0 spiro atoms. The Bertz CT molecular complexity index is 1360. The van der Waals surface area contributed by atoms with E-state index in [1.165, 1.54) is 6.07 Å². The number of imidazole rings is 1. The van der Waals surface area contributed by atoms with Crippen LogP contribution in [-0.4, -0.2) is 38.6 Å². The molecule has 0 unspecified atom stereocenters. The van der Waals surface area contributed by atoms with Crippen LogP contribution < -0.4 is 20.7 Å². The van der Waals surface area contributed by atoms with Crippen molar-refractivity contribution in [1.82, 2.24) is 24.8 Å². The third kappa shape index (κ3) is 5.07. The first-order valence-corrected chi connectivity index (χ1v) is 11.9. The van der Waals surface area contributed by atoms with E-state index in [9.17, 15) is 9.18 Å². The van der Waals surface area contributed by atoms with Crippen LogP contribution in [0.25, 0.3) is 11.2 Å². The smallest absolute Gasteiger partial charge is 0.229 e. The van der Waals surface area contributed by atoms with Gasteiger partial charge in [-0.05, 0) is 62.1 Å². The Balaban J connectivity index is 1.49. The quantitative estimate of drug-likeness (QED) is 0.332. The first-order chi connectivity index (χ1) is 17.5. The number of nitrogens with one attached hydrogen (secondary N) is 3. The van der Waals surface area contributed by atoms with Crippen LogP contribution in [0.1, 0.15) is 38.6 Å². The standard InChI is InChI=1S/C26H28FN7O2/c1-16(35)29-17-7-11-19(12-8-17)34-24-23(32-26(34)31-22-6-4-3-5-21(22)27)15-28-25(33-24)30-18-9-13-20(36-2)14-10-18/h3-6,9-10,13-15,17,19H,7-8,11-12H2,1-2H3,(H,29,35)(H,31,32)(H,28,30,33)/t17-,19-. The number of nitrogens with zero attached hydrogens (tertiary/aromatic N) is 4. The molecule has 5 rings (SSSR count). The fourth-order valence-electron chi connectivity index (χ4n) is 4.64. The van der Waals surface area contributed by atoms with Gasteiger partial charge >= 0.3 is 0 Å². The predicted molar refractivity (Wildman–Crippen MR) is 136 cm³/mol. The number of ether oxygens (including phenoxy) is 1. The number of halogens is 1. The van der Waals surface area contributed by atoms with E-state index in [0.717, 1.165) is 37.1 Å². The number of rotatable bonds is 7. The predicted octanol–water partition coefficient (Wildman–Crippen LogP) is 5.08. The number of para-hydroxylation sites is 1. The fourth-order valence-corrected chi connectivity index (χ4v) is 4.64. The summed E-state index contributed by atoms with van der Waals surface area (Å²) in [5.41, 5.74) is 2.42. The van der Waals surface area contributed by atoms with Crippen molar-refractivity contribution in [1.29, 1.82) is 0 Å². The topological polar surface area (TPSA) is 106 Å². The molecule has 0 radical (unpaired) electrons. The lowest BCUT2D eigenvalue weighted by Crippen LogP contribution is -2.36. The third-order valence-electron chi connectivity index (χ3n) is 6.37. The van der Waals surface area contributed by atoms with E-state index in [-0.39, 0.29) is 23.8 Å². The van der Waals surface area contributed by atoms with Gasteiger partial charge in [0.15, 0.2) is 5.65 Å². The molecule has 1 saturated carbocycles. The van der Waals surface area contributed by atoms with E-state index < -0.39 is 0 Å². The minimum Gasteiger partial charge on any atom is -0.497 e. The molecule has 2 aromatic heterocycles. The van der Waals surface area contributed by atoms with Crippen molar-refractivity contribution in [2.24, 2.45) is 0 Å². The van der Waals surface area contributed by atoms with Crippen molar-refractivity contribution >= 4 is 40.3 Å². The largest absolute Gasteiger partial charge is 0.497 e. The molecule has 0 bridgehead atoms. The monoisotopic (exact) mass is 489 g/mol. The molecule has 4 aromatic rings. The van der Waals surface area contributed by atoms with Crippen LogP contribution in [0.5, 0.6) is 5.75 Å². The molecular formula is C26H28FN7O2. The molecule has 0 aliphatic heterocycles. The molecule has 2 heterocycles. The van der Waals surface area contributed by atoms with Crippen molar-refractivity contribution in [3.8, 4) is 5.75 Å². The highest BCUT2D eigenvalue weighted by Gasteiger charge is 2.27. The maximum atomic E-state index is 14.5. The van der Waals surface area contributed by atoms with Crippen molar-refractivity contribution in [2.75, 3.05) is 17.7 Å². The second-order valence-corrected chi connectivity index (χ2v) is 8.87. The highest BCUT2D eigenvalue weighted by Crippen LogP contribution is 2.35. The Morgan fingerprint density at radius 2 is 1.78 bits per heavy atom. The number of hydrogen-bond acceptors (Lipinski definition) is 7. The zero-order chi connectivity index (χ0) is 25.1.